The number of carbonyl (C=O) groups is 1. The molecule has 7 heteroatoms. The molecular weight excluding hydrogens is 334 g/mol. The van der Waals surface area contributed by atoms with Crippen LogP contribution in [0.25, 0.3) is 11.5 Å². The molecule has 1 aliphatic heterocycles. The summed E-state index contributed by atoms with van der Waals surface area (Å²) in [7, 11) is 5.06. The first kappa shape index (κ1) is 18.3. The second-order valence-corrected chi connectivity index (χ2v) is 6.49. The second-order valence-electron chi connectivity index (χ2n) is 6.49. The van der Waals surface area contributed by atoms with Gasteiger partial charge in [0.05, 0.1) is 31.5 Å². The molecule has 26 heavy (non-hydrogen) atoms. The molecule has 2 heterocycles. The number of aromatic nitrogens is 1. The Morgan fingerprint density at radius 3 is 2.73 bits per heavy atom. The fraction of sp³-hybridized carbons (Fsp3) is 0.474. The highest BCUT2D eigenvalue weighted by atomic mass is 16.5. The molecule has 0 unspecified atom stereocenters. The van der Waals surface area contributed by atoms with E-state index in [-0.39, 0.29) is 11.9 Å². The maximum atomic E-state index is 12.2. The number of oxazole rings is 1. The summed E-state index contributed by atoms with van der Waals surface area (Å²) in [6.45, 7) is 5.92. The molecule has 3 rings (SSSR count). The third-order valence-corrected chi connectivity index (χ3v) is 4.89. The van der Waals surface area contributed by atoms with Gasteiger partial charge in [-0.3, -0.25) is 9.69 Å². The zero-order valence-electron chi connectivity index (χ0n) is 15.9. The monoisotopic (exact) mass is 359 g/mol. The highest BCUT2D eigenvalue weighted by Gasteiger charge is 2.30. The van der Waals surface area contributed by atoms with Crippen LogP contribution in [-0.4, -0.2) is 61.1 Å². The van der Waals surface area contributed by atoms with Crippen LogP contribution >= 0.6 is 0 Å². The molecule has 0 spiro atoms. The molecule has 140 valence electrons. The Morgan fingerprint density at radius 1 is 1.27 bits per heavy atom. The van der Waals surface area contributed by atoms with Gasteiger partial charge in [0.15, 0.2) is 0 Å². The van der Waals surface area contributed by atoms with E-state index in [1.165, 1.54) is 0 Å². The summed E-state index contributed by atoms with van der Waals surface area (Å²) in [6, 6.07) is 5.33. The van der Waals surface area contributed by atoms with Gasteiger partial charge in [0.1, 0.15) is 17.3 Å². The van der Waals surface area contributed by atoms with E-state index in [4.69, 9.17) is 13.9 Å². The van der Waals surface area contributed by atoms with Gasteiger partial charge in [0, 0.05) is 26.7 Å². The lowest BCUT2D eigenvalue weighted by molar-refractivity contribution is -0.139. The number of hydrogen-bond acceptors (Lipinski definition) is 6. The first-order chi connectivity index (χ1) is 12.4. The highest BCUT2D eigenvalue weighted by molar-refractivity contribution is 5.81. The molecule has 1 saturated heterocycles. The van der Waals surface area contributed by atoms with Gasteiger partial charge in [0.2, 0.25) is 11.8 Å². The number of rotatable bonds is 5. The van der Waals surface area contributed by atoms with E-state index in [0.717, 1.165) is 30.1 Å². The fourth-order valence-corrected chi connectivity index (χ4v) is 3.14. The predicted octanol–water partition coefficient (Wildman–Crippen LogP) is 2.33. The Balaban J connectivity index is 1.87. The van der Waals surface area contributed by atoms with Crippen LogP contribution in [0.3, 0.4) is 0 Å². The summed E-state index contributed by atoms with van der Waals surface area (Å²) in [5.41, 5.74) is 1.57. The van der Waals surface area contributed by atoms with E-state index in [1.54, 1.807) is 19.1 Å². The van der Waals surface area contributed by atoms with Crippen LogP contribution < -0.4 is 9.47 Å². The summed E-state index contributed by atoms with van der Waals surface area (Å²) < 4.78 is 16.6. The van der Waals surface area contributed by atoms with Crippen LogP contribution in [0.4, 0.5) is 0 Å². The van der Waals surface area contributed by atoms with Crippen LogP contribution in [0.5, 0.6) is 11.5 Å². The van der Waals surface area contributed by atoms with Crippen LogP contribution in [0.15, 0.2) is 22.6 Å². The number of likely N-dealkylation sites (N-methyl/N-ethyl adjacent to an activating group) is 1. The van der Waals surface area contributed by atoms with Crippen molar-refractivity contribution in [1.29, 1.82) is 0 Å². The number of ether oxygens (including phenoxy) is 2. The van der Waals surface area contributed by atoms with Crippen molar-refractivity contribution in [3.05, 3.63) is 29.7 Å². The lowest BCUT2D eigenvalue weighted by Crippen LogP contribution is -2.53. The summed E-state index contributed by atoms with van der Waals surface area (Å²) in [5, 5.41) is 0. The maximum absolute atomic E-state index is 12.2. The van der Waals surface area contributed by atoms with E-state index < -0.39 is 0 Å². The van der Waals surface area contributed by atoms with Gasteiger partial charge >= 0.3 is 0 Å². The summed E-state index contributed by atoms with van der Waals surface area (Å²) >= 11 is 0. The first-order valence-electron chi connectivity index (χ1n) is 8.62. The number of piperazine rings is 1. The Bertz CT molecular complexity index is 802. The molecule has 1 atom stereocenters. The van der Waals surface area contributed by atoms with Gasteiger partial charge in [-0.05, 0) is 32.0 Å². The number of benzene rings is 1. The van der Waals surface area contributed by atoms with Crippen LogP contribution in [0.1, 0.15) is 18.4 Å². The molecule has 1 aromatic heterocycles. The largest absolute Gasteiger partial charge is 0.497 e. The minimum atomic E-state index is -0.167. The van der Waals surface area contributed by atoms with Crippen molar-refractivity contribution in [3.8, 4) is 23.0 Å². The molecule has 0 saturated carbocycles. The van der Waals surface area contributed by atoms with Crippen molar-refractivity contribution in [2.24, 2.45) is 0 Å². The summed E-state index contributed by atoms with van der Waals surface area (Å²) in [4.78, 5) is 20.8. The van der Waals surface area contributed by atoms with Crippen LogP contribution in [0, 0.1) is 6.92 Å². The number of amides is 1. The number of hydrogen-bond donors (Lipinski definition) is 0. The number of aryl methyl sites for hydroxylation is 1. The Labute approximate surface area is 153 Å². The molecule has 2 aromatic rings. The molecule has 0 aliphatic carbocycles. The van der Waals surface area contributed by atoms with Crippen molar-refractivity contribution in [3.63, 3.8) is 0 Å². The first-order valence-corrected chi connectivity index (χ1v) is 8.62. The third kappa shape index (κ3) is 3.39. The molecule has 0 N–H and O–H groups in total. The molecule has 1 fully saturated rings. The standard InChI is InChI=1S/C19H25N3O4/c1-12-19(23)21(3)8-9-22(12)11-16-13(2)26-18(20-16)15-10-14(24-4)6-7-17(15)25-5/h6-7,10,12H,8-9,11H2,1-5H3/t12-/m0/s1. The van der Waals surface area contributed by atoms with Crippen molar-refractivity contribution in [2.45, 2.75) is 26.4 Å². The van der Waals surface area contributed by atoms with Crippen molar-refractivity contribution in [1.82, 2.24) is 14.8 Å². The molecule has 1 aromatic carbocycles. The summed E-state index contributed by atoms with van der Waals surface area (Å²) in [5.74, 6) is 2.73. The summed E-state index contributed by atoms with van der Waals surface area (Å²) in [6.07, 6.45) is 0. The van der Waals surface area contributed by atoms with E-state index in [0.29, 0.717) is 23.9 Å². The van der Waals surface area contributed by atoms with E-state index >= 15 is 0 Å². The van der Waals surface area contributed by atoms with Crippen molar-refractivity contribution >= 4 is 5.91 Å². The molecular formula is C19H25N3O4. The molecule has 1 aliphatic rings. The topological polar surface area (TPSA) is 68.0 Å². The van der Waals surface area contributed by atoms with E-state index in [9.17, 15) is 4.79 Å². The minimum Gasteiger partial charge on any atom is -0.497 e. The quantitative estimate of drug-likeness (QED) is 0.816. The van der Waals surface area contributed by atoms with Gasteiger partial charge in [-0.15, -0.1) is 0 Å². The van der Waals surface area contributed by atoms with Crippen LogP contribution in [-0.2, 0) is 11.3 Å². The average Bonchev–Trinajstić information content (AvgIpc) is 3.02. The van der Waals surface area contributed by atoms with Gasteiger partial charge in [0.25, 0.3) is 0 Å². The fourth-order valence-electron chi connectivity index (χ4n) is 3.14. The van der Waals surface area contributed by atoms with Gasteiger partial charge in [-0.1, -0.05) is 0 Å². The minimum absolute atomic E-state index is 0.132. The lowest BCUT2D eigenvalue weighted by Gasteiger charge is -2.36. The Hall–Kier alpha value is -2.54. The SMILES string of the molecule is COc1ccc(OC)c(-c2nc(CN3CCN(C)C(=O)[C@@H]3C)c(C)o2)c1. The van der Waals surface area contributed by atoms with Gasteiger partial charge in [-0.25, -0.2) is 4.98 Å². The maximum Gasteiger partial charge on any atom is 0.239 e. The van der Waals surface area contributed by atoms with Crippen molar-refractivity contribution in [2.75, 3.05) is 34.4 Å². The number of nitrogens with zero attached hydrogens (tertiary/aromatic N) is 3. The third-order valence-electron chi connectivity index (χ3n) is 4.89. The van der Waals surface area contributed by atoms with Crippen LogP contribution in [0.2, 0.25) is 0 Å². The highest BCUT2D eigenvalue weighted by Crippen LogP contribution is 2.34. The van der Waals surface area contributed by atoms with E-state index in [1.807, 2.05) is 39.1 Å². The van der Waals surface area contributed by atoms with Gasteiger partial charge in [-0.2, -0.15) is 0 Å². The Kier molecular flexibility index (Phi) is 5.18. The zero-order chi connectivity index (χ0) is 18.8. The second kappa shape index (κ2) is 7.37. The zero-order valence-corrected chi connectivity index (χ0v) is 15.9. The number of carbonyl (C=O) groups excluding carboxylic acids is 1. The normalized spacial score (nSPS) is 18.3. The predicted molar refractivity (Wildman–Crippen MR) is 97.3 cm³/mol. The van der Waals surface area contributed by atoms with E-state index in [2.05, 4.69) is 9.88 Å². The van der Waals surface area contributed by atoms with Gasteiger partial charge < -0.3 is 18.8 Å². The molecule has 0 bridgehead atoms. The molecule has 1 amide bonds. The molecule has 7 nitrogen and oxygen atoms in total. The molecule has 0 radical (unpaired) electrons. The smallest absolute Gasteiger partial charge is 0.239 e. The number of methoxy groups -OCH3 is 2. The lowest BCUT2D eigenvalue weighted by atomic mass is 10.1. The van der Waals surface area contributed by atoms with Crippen molar-refractivity contribution < 1.29 is 18.7 Å². The Morgan fingerprint density at radius 2 is 2.04 bits per heavy atom. The average molecular weight is 359 g/mol.